The van der Waals surface area contributed by atoms with Crippen molar-refractivity contribution in [1.29, 1.82) is 0 Å². The molecule has 2 saturated heterocycles. The molecule has 0 bridgehead atoms. The van der Waals surface area contributed by atoms with E-state index in [4.69, 9.17) is 0 Å². The van der Waals surface area contributed by atoms with Gasteiger partial charge in [-0.2, -0.15) is 0 Å². The average Bonchev–Trinajstić information content (AvgIpc) is 3.03. The Morgan fingerprint density at radius 1 is 1.04 bits per heavy atom. The van der Waals surface area contributed by atoms with Crippen LogP contribution in [0.3, 0.4) is 0 Å². The van der Waals surface area contributed by atoms with Gasteiger partial charge >= 0.3 is 0 Å². The second-order valence-electron chi connectivity index (χ2n) is 7.67. The predicted molar refractivity (Wildman–Crippen MR) is 104 cm³/mol. The zero-order valence-electron chi connectivity index (χ0n) is 15.3. The molecular weight excluding hydrogens is 332 g/mol. The average molecular weight is 365 g/mol. The molecular formula is C20H32N2O2S. The maximum Gasteiger partial charge on any atom is 0.0475 e. The van der Waals surface area contributed by atoms with Crippen LogP contribution in [0.15, 0.2) is 29.2 Å². The van der Waals surface area contributed by atoms with E-state index in [-0.39, 0.29) is 0 Å². The molecule has 0 radical (unpaired) electrons. The van der Waals surface area contributed by atoms with Gasteiger partial charge in [0, 0.05) is 44.3 Å². The van der Waals surface area contributed by atoms with Crippen LogP contribution < -0.4 is 0 Å². The number of thioether (sulfide) groups is 1. The molecule has 2 atom stereocenters. The van der Waals surface area contributed by atoms with Crippen LogP contribution >= 0.6 is 11.8 Å². The number of benzene rings is 1. The fourth-order valence-corrected chi connectivity index (χ4v) is 4.77. The van der Waals surface area contributed by atoms with Gasteiger partial charge in [-0.3, -0.25) is 4.90 Å². The Balaban J connectivity index is 1.53. The summed E-state index contributed by atoms with van der Waals surface area (Å²) in [7, 11) is 0. The number of aliphatic hydroxyl groups excluding tert-OH is 2. The Morgan fingerprint density at radius 2 is 1.80 bits per heavy atom. The van der Waals surface area contributed by atoms with E-state index in [1.54, 1.807) is 11.8 Å². The molecule has 4 nitrogen and oxygen atoms in total. The van der Waals surface area contributed by atoms with E-state index in [9.17, 15) is 10.2 Å². The van der Waals surface area contributed by atoms with Crippen molar-refractivity contribution >= 4 is 11.8 Å². The summed E-state index contributed by atoms with van der Waals surface area (Å²) in [4.78, 5) is 6.36. The summed E-state index contributed by atoms with van der Waals surface area (Å²) in [6.07, 6.45) is 4.34. The third-order valence-electron chi connectivity index (χ3n) is 5.88. The van der Waals surface area contributed by atoms with Crippen molar-refractivity contribution in [2.24, 2.45) is 17.8 Å². The van der Waals surface area contributed by atoms with Crippen molar-refractivity contribution in [3.8, 4) is 0 Å². The summed E-state index contributed by atoms with van der Waals surface area (Å²) >= 11 is 1.79. The zero-order valence-corrected chi connectivity index (χ0v) is 16.1. The molecule has 0 saturated carbocycles. The Hall–Kier alpha value is -0.590. The summed E-state index contributed by atoms with van der Waals surface area (Å²) in [5, 5.41) is 19.1. The molecule has 2 unspecified atom stereocenters. The number of hydrogen-bond donors (Lipinski definition) is 2. The van der Waals surface area contributed by atoms with Gasteiger partial charge in [-0.15, -0.1) is 11.8 Å². The SMILES string of the molecule is CSc1cccc(CN2CC(CO)C(CN3CCC(CO)CC3)C2)c1. The van der Waals surface area contributed by atoms with E-state index < -0.39 is 0 Å². The topological polar surface area (TPSA) is 46.9 Å². The molecule has 0 spiro atoms. The molecule has 0 aromatic heterocycles. The summed E-state index contributed by atoms with van der Waals surface area (Å²) in [6.45, 7) is 6.95. The number of hydrogen-bond acceptors (Lipinski definition) is 5. The van der Waals surface area contributed by atoms with Gasteiger partial charge in [0.05, 0.1) is 0 Å². The van der Waals surface area contributed by atoms with Crippen molar-refractivity contribution in [3.05, 3.63) is 29.8 Å². The third kappa shape index (κ3) is 5.20. The van der Waals surface area contributed by atoms with Crippen LogP contribution in [0, 0.1) is 17.8 Å². The highest BCUT2D eigenvalue weighted by molar-refractivity contribution is 7.98. The second-order valence-corrected chi connectivity index (χ2v) is 8.55. The number of aliphatic hydroxyl groups is 2. The van der Waals surface area contributed by atoms with Crippen LogP contribution in [-0.4, -0.2) is 72.2 Å². The summed E-state index contributed by atoms with van der Waals surface area (Å²) in [5.41, 5.74) is 1.37. The standard InChI is InChI=1S/C20H32N2O2S/c1-25-20-4-2-3-17(9-20)10-22-12-18(19(13-22)15-24)11-21-7-5-16(14-23)6-8-21/h2-4,9,16,18-19,23-24H,5-8,10-15H2,1H3. The van der Waals surface area contributed by atoms with Crippen LogP contribution in [0.25, 0.3) is 0 Å². The van der Waals surface area contributed by atoms with E-state index in [2.05, 4.69) is 40.3 Å². The highest BCUT2D eigenvalue weighted by Crippen LogP contribution is 2.28. The van der Waals surface area contributed by atoms with Gasteiger partial charge in [0.25, 0.3) is 0 Å². The maximum absolute atomic E-state index is 9.83. The summed E-state index contributed by atoms with van der Waals surface area (Å²) in [5.74, 6) is 1.44. The minimum atomic E-state index is 0.291. The van der Waals surface area contributed by atoms with E-state index in [0.29, 0.717) is 31.0 Å². The number of piperidine rings is 1. The molecule has 0 amide bonds. The van der Waals surface area contributed by atoms with Crippen molar-refractivity contribution in [1.82, 2.24) is 9.80 Å². The first-order chi connectivity index (χ1) is 12.2. The minimum absolute atomic E-state index is 0.291. The van der Waals surface area contributed by atoms with Crippen molar-refractivity contribution < 1.29 is 10.2 Å². The van der Waals surface area contributed by atoms with Gasteiger partial charge < -0.3 is 15.1 Å². The quantitative estimate of drug-likeness (QED) is 0.726. The first-order valence-corrected chi connectivity index (χ1v) is 10.7. The van der Waals surface area contributed by atoms with Gasteiger partial charge in [0.15, 0.2) is 0 Å². The van der Waals surface area contributed by atoms with E-state index in [0.717, 1.165) is 52.1 Å². The first kappa shape index (κ1) is 19.2. The fraction of sp³-hybridized carbons (Fsp3) is 0.700. The normalized spacial score (nSPS) is 26.4. The van der Waals surface area contributed by atoms with Crippen LogP contribution in [0.5, 0.6) is 0 Å². The van der Waals surface area contributed by atoms with Gasteiger partial charge in [-0.05, 0) is 67.6 Å². The highest BCUT2D eigenvalue weighted by Gasteiger charge is 2.34. The van der Waals surface area contributed by atoms with E-state index in [1.807, 2.05) is 0 Å². The maximum atomic E-state index is 9.83. The Morgan fingerprint density at radius 3 is 2.48 bits per heavy atom. The highest BCUT2D eigenvalue weighted by atomic mass is 32.2. The third-order valence-corrected chi connectivity index (χ3v) is 6.61. The molecule has 140 valence electrons. The lowest BCUT2D eigenvalue weighted by molar-refractivity contribution is 0.106. The number of likely N-dealkylation sites (tertiary alicyclic amines) is 2. The molecule has 2 N–H and O–H groups in total. The van der Waals surface area contributed by atoms with Crippen LogP contribution in [0.1, 0.15) is 18.4 Å². The largest absolute Gasteiger partial charge is 0.396 e. The molecule has 2 aliphatic rings. The van der Waals surface area contributed by atoms with Gasteiger partial charge in [0.2, 0.25) is 0 Å². The molecule has 0 aliphatic carbocycles. The molecule has 25 heavy (non-hydrogen) atoms. The Bertz CT molecular complexity index is 534. The molecule has 1 aromatic rings. The van der Waals surface area contributed by atoms with Crippen molar-refractivity contribution in [2.45, 2.75) is 24.3 Å². The smallest absolute Gasteiger partial charge is 0.0475 e. The molecule has 5 heteroatoms. The van der Waals surface area contributed by atoms with Crippen molar-refractivity contribution in [3.63, 3.8) is 0 Å². The molecule has 3 rings (SSSR count). The molecule has 2 aliphatic heterocycles. The lowest BCUT2D eigenvalue weighted by Gasteiger charge is -2.33. The van der Waals surface area contributed by atoms with Gasteiger partial charge in [0.1, 0.15) is 0 Å². The van der Waals surface area contributed by atoms with Crippen LogP contribution in [-0.2, 0) is 6.54 Å². The predicted octanol–water partition coefficient (Wildman–Crippen LogP) is 2.15. The lowest BCUT2D eigenvalue weighted by Crippen LogP contribution is -2.40. The molecule has 1 aromatic carbocycles. The lowest BCUT2D eigenvalue weighted by atomic mass is 9.93. The molecule has 2 fully saturated rings. The fourth-order valence-electron chi connectivity index (χ4n) is 4.29. The molecule has 2 heterocycles. The van der Waals surface area contributed by atoms with Gasteiger partial charge in [-0.1, -0.05) is 12.1 Å². The van der Waals surface area contributed by atoms with Crippen molar-refractivity contribution in [2.75, 3.05) is 52.2 Å². The Labute approximate surface area is 156 Å². The zero-order chi connectivity index (χ0) is 17.6. The summed E-state index contributed by atoms with van der Waals surface area (Å²) in [6, 6.07) is 8.79. The number of rotatable bonds is 7. The van der Waals surface area contributed by atoms with E-state index in [1.165, 1.54) is 10.5 Å². The summed E-state index contributed by atoms with van der Waals surface area (Å²) < 4.78 is 0. The second kappa shape index (κ2) is 9.38. The van der Waals surface area contributed by atoms with Gasteiger partial charge in [-0.25, -0.2) is 0 Å². The monoisotopic (exact) mass is 364 g/mol. The van der Waals surface area contributed by atoms with Crippen LogP contribution in [0.4, 0.5) is 0 Å². The van der Waals surface area contributed by atoms with E-state index >= 15 is 0 Å². The number of nitrogens with zero attached hydrogens (tertiary/aromatic N) is 2. The van der Waals surface area contributed by atoms with Crippen LogP contribution in [0.2, 0.25) is 0 Å². The minimum Gasteiger partial charge on any atom is -0.396 e. The Kier molecular flexibility index (Phi) is 7.19. The first-order valence-electron chi connectivity index (χ1n) is 9.51.